The Morgan fingerprint density at radius 1 is 1.55 bits per heavy atom. The first-order valence-electron chi connectivity index (χ1n) is 3.57. The maximum Gasteiger partial charge on any atom is 0.250 e. The number of hydrogen-bond donors (Lipinski definition) is 1. The summed E-state index contributed by atoms with van der Waals surface area (Å²) in [7, 11) is 0. The van der Waals surface area contributed by atoms with Gasteiger partial charge in [-0.15, -0.1) is 0 Å². The van der Waals surface area contributed by atoms with Crippen LogP contribution in [0.4, 0.5) is 0 Å². The Kier molecular flexibility index (Phi) is 1.62. The standard InChI is InChI=1S/C7H13N3O/c1-7(2,3)10-6(11)4-5(8)9-10/h4H2,1-3H3,(H2,8,9). The predicted octanol–water partition coefficient (Wildman–Crippen LogP) is 0.289. The molecule has 0 aromatic rings. The minimum Gasteiger partial charge on any atom is -0.385 e. The molecule has 0 atom stereocenters. The zero-order valence-electron chi connectivity index (χ0n) is 7.09. The summed E-state index contributed by atoms with van der Waals surface area (Å²) in [6, 6.07) is 0. The van der Waals surface area contributed by atoms with Crippen LogP contribution in [-0.2, 0) is 4.79 Å². The zero-order chi connectivity index (χ0) is 8.65. The van der Waals surface area contributed by atoms with Gasteiger partial charge < -0.3 is 5.73 Å². The number of nitrogens with two attached hydrogens (primary N) is 1. The molecule has 0 aromatic heterocycles. The topological polar surface area (TPSA) is 58.7 Å². The van der Waals surface area contributed by atoms with Gasteiger partial charge in [-0.3, -0.25) is 4.79 Å². The van der Waals surface area contributed by atoms with Crippen molar-refractivity contribution in [1.82, 2.24) is 5.01 Å². The van der Waals surface area contributed by atoms with E-state index in [1.54, 1.807) is 0 Å². The minimum absolute atomic E-state index is 0.0185. The Morgan fingerprint density at radius 3 is 2.27 bits per heavy atom. The molecule has 1 aliphatic heterocycles. The quantitative estimate of drug-likeness (QED) is 0.546. The first-order chi connectivity index (χ1) is 4.91. The van der Waals surface area contributed by atoms with Crippen LogP contribution in [0, 0.1) is 0 Å². The third-order valence-electron chi connectivity index (χ3n) is 1.43. The van der Waals surface area contributed by atoms with E-state index in [1.807, 2.05) is 20.8 Å². The summed E-state index contributed by atoms with van der Waals surface area (Å²) < 4.78 is 0. The number of rotatable bonds is 0. The number of carbonyl (C=O) groups is 1. The van der Waals surface area contributed by atoms with Gasteiger partial charge in [0.15, 0.2) is 0 Å². The SMILES string of the molecule is CC(C)(C)N1N=C(N)CC1=O. The molecule has 0 radical (unpaired) electrons. The average molecular weight is 155 g/mol. The van der Waals surface area contributed by atoms with Crippen LogP contribution in [0.15, 0.2) is 5.10 Å². The highest BCUT2D eigenvalue weighted by atomic mass is 16.2. The zero-order valence-corrected chi connectivity index (χ0v) is 7.09. The van der Waals surface area contributed by atoms with E-state index in [-0.39, 0.29) is 17.9 Å². The van der Waals surface area contributed by atoms with Gasteiger partial charge in [0.2, 0.25) is 0 Å². The van der Waals surface area contributed by atoms with E-state index in [2.05, 4.69) is 5.10 Å². The van der Waals surface area contributed by atoms with Crippen molar-refractivity contribution in [3.05, 3.63) is 0 Å². The normalized spacial score (nSPS) is 19.0. The van der Waals surface area contributed by atoms with E-state index >= 15 is 0 Å². The Hall–Kier alpha value is -1.06. The highest BCUT2D eigenvalue weighted by Gasteiger charge is 2.31. The maximum absolute atomic E-state index is 11.2. The number of hydrogen-bond acceptors (Lipinski definition) is 3. The summed E-state index contributed by atoms with van der Waals surface area (Å²) in [5, 5.41) is 5.35. The van der Waals surface area contributed by atoms with E-state index in [4.69, 9.17) is 5.73 Å². The number of amidine groups is 1. The fourth-order valence-corrected chi connectivity index (χ4v) is 0.973. The highest BCUT2D eigenvalue weighted by molar-refractivity contribution is 6.03. The van der Waals surface area contributed by atoms with Gasteiger partial charge in [-0.25, -0.2) is 5.01 Å². The minimum atomic E-state index is -0.252. The molecular formula is C7H13N3O. The van der Waals surface area contributed by atoms with Gasteiger partial charge in [-0.1, -0.05) is 0 Å². The number of hydrazone groups is 1. The molecule has 4 heteroatoms. The molecule has 1 amide bonds. The second-order valence-corrected chi connectivity index (χ2v) is 3.64. The summed E-state index contributed by atoms with van der Waals surface area (Å²) >= 11 is 0. The van der Waals surface area contributed by atoms with Crippen molar-refractivity contribution in [2.45, 2.75) is 32.7 Å². The lowest BCUT2D eigenvalue weighted by molar-refractivity contribution is -0.133. The van der Waals surface area contributed by atoms with Crippen molar-refractivity contribution >= 4 is 11.7 Å². The van der Waals surface area contributed by atoms with Crippen molar-refractivity contribution in [1.29, 1.82) is 0 Å². The smallest absolute Gasteiger partial charge is 0.250 e. The van der Waals surface area contributed by atoms with Crippen LogP contribution in [0.1, 0.15) is 27.2 Å². The molecule has 0 aromatic carbocycles. The summed E-state index contributed by atoms with van der Waals surface area (Å²) in [4.78, 5) is 11.2. The molecule has 1 heterocycles. The Morgan fingerprint density at radius 2 is 2.09 bits per heavy atom. The fraction of sp³-hybridized carbons (Fsp3) is 0.714. The third kappa shape index (κ3) is 1.50. The lowest BCUT2D eigenvalue weighted by Crippen LogP contribution is -2.38. The fourth-order valence-electron chi connectivity index (χ4n) is 0.973. The van der Waals surface area contributed by atoms with Crippen molar-refractivity contribution < 1.29 is 4.79 Å². The average Bonchev–Trinajstić information content (AvgIpc) is 2.08. The van der Waals surface area contributed by atoms with E-state index in [1.165, 1.54) is 5.01 Å². The summed E-state index contributed by atoms with van der Waals surface area (Å²) in [5.41, 5.74) is 5.15. The molecule has 0 aliphatic carbocycles. The Bertz CT molecular complexity index is 214. The van der Waals surface area contributed by atoms with Gasteiger partial charge in [0.25, 0.3) is 5.91 Å². The third-order valence-corrected chi connectivity index (χ3v) is 1.43. The number of nitrogens with zero attached hydrogens (tertiary/aromatic N) is 2. The van der Waals surface area contributed by atoms with E-state index in [9.17, 15) is 4.79 Å². The van der Waals surface area contributed by atoms with Crippen LogP contribution in [0.3, 0.4) is 0 Å². The molecule has 62 valence electrons. The van der Waals surface area contributed by atoms with E-state index < -0.39 is 0 Å². The maximum atomic E-state index is 11.2. The second-order valence-electron chi connectivity index (χ2n) is 3.64. The van der Waals surface area contributed by atoms with Crippen LogP contribution in [0.5, 0.6) is 0 Å². The molecule has 0 spiro atoms. The first kappa shape index (κ1) is 8.04. The second kappa shape index (κ2) is 2.22. The molecule has 11 heavy (non-hydrogen) atoms. The van der Waals surface area contributed by atoms with Crippen LogP contribution in [0.2, 0.25) is 0 Å². The van der Waals surface area contributed by atoms with Gasteiger partial charge in [-0.2, -0.15) is 5.10 Å². The Balaban J connectivity index is 2.82. The monoisotopic (exact) mass is 155 g/mol. The molecular weight excluding hydrogens is 142 g/mol. The molecule has 0 fully saturated rings. The first-order valence-corrected chi connectivity index (χ1v) is 3.57. The van der Waals surface area contributed by atoms with E-state index in [0.29, 0.717) is 5.84 Å². The molecule has 4 nitrogen and oxygen atoms in total. The molecule has 0 unspecified atom stereocenters. The molecule has 1 rings (SSSR count). The van der Waals surface area contributed by atoms with Gasteiger partial charge in [-0.05, 0) is 20.8 Å². The molecule has 2 N–H and O–H groups in total. The van der Waals surface area contributed by atoms with Gasteiger partial charge in [0.05, 0.1) is 12.0 Å². The highest BCUT2D eigenvalue weighted by Crippen LogP contribution is 2.18. The van der Waals surface area contributed by atoms with Crippen molar-refractivity contribution in [3.8, 4) is 0 Å². The molecule has 0 saturated carbocycles. The van der Waals surface area contributed by atoms with Crippen LogP contribution < -0.4 is 5.73 Å². The summed E-state index contributed by atoms with van der Waals surface area (Å²) in [5.74, 6) is 0.389. The number of amides is 1. The lowest BCUT2D eigenvalue weighted by atomic mass is 10.1. The predicted molar refractivity (Wildman–Crippen MR) is 42.8 cm³/mol. The van der Waals surface area contributed by atoms with Crippen molar-refractivity contribution in [2.24, 2.45) is 10.8 Å². The summed E-state index contributed by atoms with van der Waals surface area (Å²) in [6.45, 7) is 5.77. The van der Waals surface area contributed by atoms with Gasteiger partial charge in [0, 0.05) is 0 Å². The van der Waals surface area contributed by atoms with Gasteiger partial charge in [0.1, 0.15) is 5.84 Å². The lowest BCUT2D eigenvalue weighted by Gasteiger charge is -2.27. The van der Waals surface area contributed by atoms with Crippen molar-refractivity contribution in [3.63, 3.8) is 0 Å². The van der Waals surface area contributed by atoms with Crippen LogP contribution >= 0.6 is 0 Å². The molecule has 0 saturated heterocycles. The van der Waals surface area contributed by atoms with Crippen LogP contribution in [-0.4, -0.2) is 22.3 Å². The number of carbonyl (C=O) groups excluding carboxylic acids is 1. The van der Waals surface area contributed by atoms with E-state index in [0.717, 1.165) is 0 Å². The molecule has 0 bridgehead atoms. The van der Waals surface area contributed by atoms with Crippen LogP contribution in [0.25, 0.3) is 0 Å². The Labute approximate surface area is 66.0 Å². The molecule has 1 aliphatic rings. The van der Waals surface area contributed by atoms with Crippen molar-refractivity contribution in [2.75, 3.05) is 0 Å². The van der Waals surface area contributed by atoms with Gasteiger partial charge >= 0.3 is 0 Å². The summed E-state index contributed by atoms with van der Waals surface area (Å²) in [6.07, 6.45) is 0.261. The largest absolute Gasteiger partial charge is 0.385 e.